The molecule has 128 valence electrons. The maximum absolute atomic E-state index is 9.96. The molecule has 2 heterocycles. The van der Waals surface area contributed by atoms with Gasteiger partial charge in [-0.25, -0.2) is 0 Å². The molecule has 1 aromatic carbocycles. The van der Waals surface area contributed by atoms with Crippen LogP contribution in [0.15, 0.2) is 29.7 Å². The molecule has 1 unspecified atom stereocenters. The van der Waals surface area contributed by atoms with E-state index in [2.05, 4.69) is 16.3 Å². The topological polar surface area (TPSA) is 87.7 Å². The number of aromatic amines is 1. The molecule has 2 aromatic rings. The van der Waals surface area contributed by atoms with Gasteiger partial charge in [-0.2, -0.15) is 5.26 Å². The van der Waals surface area contributed by atoms with Crippen LogP contribution in [0.1, 0.15) is 36.1 Å². The summed E-state index contributed by atoms with van der Waals surface area (Å²) in [7, 11) is 0. The molecule has 4 rings (SSSR count). The fraction of sp³-hybridized carbons (Fsp3) is 0.333. The SMILES string of the molecule is Cc1[nH]nc2c1C(c1cc(Cl)cc(Cl)c1)(C1CCC1)C(C#N)=C(N)O2. The number of nitrogens with two attached hydrogens (primary N) is 1. The Morgan fingerprint density at radius 1 is 1.32 bits per heavy atom. The third kappa shape index (κ3) is 2.18. The molecule has 0 radical (unpaired) electrons. The minimum Gasteiger partial charge on any atom is -0.420 e. The molecule has 1 aromatic heterocycles. The van der Waals surface area contributed by atoms with Crippen LogP contribution >= 0.6 is 23.2 Å². The summed E-state index contributed by atoms with van der Waals surface area (Å²) >= 11 is 12.6. The minimum absolute atomic E-state index is 0.0875. The molecule has 5 nitrogen and oxygen atoms in total. The van der Waals surface area contributed by atoms with Gasteiger partial charge in [0.1, 0.15) is 11.6 Å². The van der Waals surface area contributed by atoms with Gasteiger partial charge < -0.3 is 10.5 Å². The van der Waals surface area contributed by atoms with Crippen molar-refractivity contribution in [2.75, 3.05) is 0 Å². The van der Waals surface area contributed by atoms with E-state index in [-0.39, 0.29) is 11.8 Å². The maximum Gasteiger partial charge on any atom is 0.244 e. The Hall–Kier alpha value is -2.16. The van der Waals surface area contributed by atoms with Crippen molar-refractivity contribution in [3.05, 3.63) is 56.5 Å². The van der Waals surface area contributed by atoms with E-state index in [1.807, 2.05) is 19.1 Å². The second-order valence-corrected chi connectivity index (χ2v) is 7.45. The summed E-state index contributed by atoms with van der Waals surface area (Å²) in [5, 5.41) is 18.2. The van der Waals surface area contributed by atoms with E-state index in [0.29, 0.717) is 21.5 Å². The molecule has 0 spiro atoms. The van der Waals surface area contributed by atoms with Crippen molar-refractivity contribution in [2.45, 2.75) is 31.6 Å². The van der Waals surface area contributed by atoms with Gasteiger partial charge in [0, 0.05) is 15.7 Å². The summed E-state index contributed by atoms with van der Waals surface area (Å²) in [6.07, 6.45) is 3.06. The summed E-state index contributed by atoms with van der Waals surface area (Å²) in [4.78, 5) is 0. The number of rotatable bonds is 2. The van der Waals surface area contributed by atoms with Crippen molar-refractivity contribution in [1.29, 1.82) is 5.26 Å². The highest BCUT2D eigenvalue weighted by Gasteiger charge is 2.54. The van der Waals surface area contributed by atoms with Crippen LogP contribution < -0.4 is 10.5 Å². The van der Waals surface area contributed by atoms with E-state index >= 15 is 0 Å². The van der Waals surface area contributed by atoms with E-state index in [9.17, 15) is 5.26 Å². The Kier molecular flexibility index (Phi) is 3.71. The monoisotopic (exact) mass is 374 g/mol. The third-order valence-corrected chi connectivity index (χ3v) is 5.74. The zero-order chi connectivity index (χ0) is 17.8. The molecule has 7 heteroatoms. The van der Waals surface area contributed by atoms with Gasteiger partial charge >= 0.3 is 0 Å². The number of halogens is 2. The van der Waals surface area contributed by atoms with Crippen molar-refractivity contribution in [2.24, 2.45) is 11.7 Å². The normalized spacial score (nSPS) is 22.8. The van der Waals surface area contributed by atoms with Gasteiger partial charge in [0.15, 0.2) is 0 Å². The lowest BCUT2D eigenvalue weighted by atomic mass is 9.55. The standard InChI is InChI=1S/C18H16Cl2N4O/c1-9-15-17(24-23-9)25-16(22)14(8-21)18(15,10-3-2-4-10)11-5-12(19)7-13(20)6-11/h5-7,10H,2-4,22H2,1H3,(H,23,24). The van der Waals surface area contributed by atoms with E-state index < -0.39 is 5.41 Å². The van der Waals surface area contributed by atoms with Gasteiger partial charge in [0.2, 0.25) is 11.8 Å². The number of hydrogen-bond donors (Lipinski definition) is 2. The smallest absolute Gasteiger partial charge is 0.244 e. The first-order valence-electron chi connectivity index (χ1n) is 8.08. The third-order valence-electron chi connectivity index (χ3n) is 5.30. The number of nitrogens with zero attached hydrogens (tertiary/aromatic N) is 2. The Balaban J connectivity index is 2.12. The minimum atomic E-state index is -0.754. The molecule has 0 saturated heterocycles. The lowest BCUT2D eigenvalue weighted by Gasteiger charge is -2.47. The highest BCUT2D eigenvalue weighted by atomic mass is 35.5. The Labute approximate surface area is 155 Å². The second kappa shape index (κ2) is 5.69. The van der Waals surface area contributed by atoms with Crippen molar-refractivity contribution in [1.82, 2.24) is 10.2 Å². The summed E-state index contributed by atoms with van der Waals surface area (Å²) in [6, 6.07) is 7.69. The number of nitrogens with one attached hydrogen (secondary N) is 1. The van der Waals surface area contributed by atoms with E-state index in [0.717, 1.165) is 36.1 Å². The summed E-state index contributed by atoms with van der Waals surface area (Å²) in [6.45, 7) is 1.92. The number of benzene rings is 1. The molecule has 2 aliphatic rings. The lowest BCUT2D eigenvalue weighted by molar-refractivity contribution is 0.207. The number of hydrogen-bond acceptors (Lipinski definition) is 4. The van der Waals surface area contributed by atoms with Crippen LogP contribution in [0.3, 0.4) is 0 Å². The molecule has 1 aliphatic carbocycles. The fourth-order valence-electron chi connectivity index (χ4n) is 4.12. The second-order valence-electron chi connectivity index (χ2n) is 6.58. The predicted octanol–water partition coefficient (Wildman–Crippen LogP) is 4.20. The number of fused-ring (bicyclic) bond motifs is 1. The Bertz CT molecular complexity index is 919. The molecule has 3 N–H and O–H groups in total. The van der Waals surface area contributed by atoms with E-state index in [1.54, 1.807) is 6.07 Å². The molecular formula is C18H16Cl2N4O. The molecule has 1 atom stereocenters. The van der Waals surface area contributed by atoms with Gasteiger partial charge in [0.25, 0.3) is 0 Å². The van der Waals surface area contributed by atoms with Crippen molar-refractivity contribution >= 4 is 23.2 Å². The summed E-state index contributed by atoms with van der Waals surface area (Å²) in [5.41, 5.74) is 8.32. The van der Waals surface area contributed by atoms with E-state index in [1.165, 1.54) is 0 Å². The molecule has 0 bridgehead atoms. The summed E-state index contributed by atoms with van der Waals surface area (Å²) in [5.74, 6) is 0.704. The Morgan fingerprint density at radius 2 is 2.00 bits per heavy atom. The van der Waals surface area contributed by atoms with Gasteiger partial charge in [0.05, 0.1) is 11.0 Å². The fourth-order valence-corrected chi connectivity index (χ4v) is 4.64. The maximum atomic E-state index is 9.96. The zero-order valence-corrected chi connectivity index (χ0v) is 15.1. The van der Waals surface area contributed by atoms with Gasteiger partial charge in [-0.15, -0.1) is 5.10 Å². The van der Waals surface area contributed by atoms with Crippen LogP contribution in [0, 0.1) is 24.2 Å². The first kappa shape index (κ1) is 16.3. The van der Waals surface area contributed by atoms with Gasteiger partial charge in [-0.3, -0.25) is 5.10 Å². The summed E-state index contributed by atoms with van der Waals surface area (Å²) < 4.78 is 5.64. The van der Waals surface area contributed by atoms with Crippen LogP contribution in [0.2, 0.25) is 10.0 Å². The van der Waals surface area contributed by atoms with Crippen LogP contribution in [0.5, 0.6) is 5.88 Å². The highest BCUT2D eigenvalue weighted by Crippen LogP contribution is 2.58. The van der Waals surface area contributed by atoms with Crippen molar-refractivity contribution < 1.29 is 4.74 Å². The number of nitriles is 1. The van der Waals surface area contributed by atoms with Crippen LogP contribution in [-0.2, 0) is 5.41 Å². The lowest BCUT2D eigenvalue weighted by Crippen LogP contribution is -2.45. The molecule has 1 aliphatic heterocycles. The quantitative estimate of drug-likeness (QED) is 0.824. The van der Waals surface area contributed by atoms with Crippen molar-refractivity contribution in [3.63, 3.8) is 0 Å². The first-order valence-corrected chi connectivity index (χ1v) is 8.84. The van der Waals surface area contributed by atoms with Gasteiger partial charge in [-0.1, -0.05) is 29.6 Å². The highest BCUT2D eigenvalue weighted by molar-refractivity contribution is 6.34. The van der Waals surface area contributed by atoms with Gasteiger partial charge in [-0.05, 0) is 49.4 Å². The molecule has 25 heavy (non-hydrogen) atoms. The average molecular weight is 375 g/mol. The predicted molar refractivity (Wildman–Crippen MR) is 95.4 cm³/mol. The van der Waals surface area contributed by atoms with Crippen LogP contribution in [0.4, 0.5) is 0 Å². The van der Waals surface area contributed by atoms with E-state index in [4.69, 9.17) is 33.7 Å². The molecule has 0 amide bonds. The number of ether oxygens (including phenoxy) is 1. The van der Waals surface area contributed by atoms with Crippen LogP contribution in [-0.4, -0.2) is 10.2 Å². The molecule has 1 saturated carbocycles. The molecule has 1 fully saturated rings. The number of aromatic nitrogens is 2. The average Bonchev–Trinajstić information content (AvgIpc) is 2.85. The van der Waals surface area contributed by atoms with Crippen LogP contribution in [0.25, 0.3) is 0 Å². The first-order chi connectivity index (χ1) is 12.0. The molecular weight excluding hydrogens is 359 g/mol. The number of aryl methyl sites for hydroxylation is 1. The number of H-pyrrole nitrogens is 1. The number of allylic oxidation sites excluding steroid dienone is 1. The zero-order valence-electron chi connectivity index (χ0n) is 13.6. The Morgan fingerprint density at radius 3 is 2.56 bits per heavy atom. The largest absolute Gasteiger partial charge is 0.420 e. The van der Waals surface area contributed by atoms with Crippen molar-refractivity contribution in [3.8, 4) is 11.9 Å².